The Bertz CT molecular complexity index is 1190. The molecule has 1 fully saturated rings. The number of hydrogen-bond acceptors (Lipinski definition) is 5. The zero-order valence-electron chi connectivity index (χ0n) is 17.3. The Balaban J connectivity index is 1.52. The Morgan fingerprint density at radius 3 is 2.43 bits per heavy atom. The van der Waals surface area contributed by atoms with Crippen LogP contribution in [0.4, 0.5) is 5.69 Å². The number of aromatic nitrogens is 1. The molecule has 8 heteroatoms. The van der Waals surface area contributed by atoms with Gasteiger partial charge < -0.3 is 4.90 Å². The number of sulfonamides is 1. The van der Waals surface area contributed by atoms with E-state index in [2.05, 4.69) is 21.8 Å². The van der Waals surface area contributed by atoms with E-state index in [-0.39, 0.29) is 15.8 Å². The second-order valence-corrected chi connectivity index (χ2v) is 10.4. The maximum atomic E-state index is 12.9. The van der Waals surface area contributed by atoms with Crippen molar-refractivity contribution in [3.8, 4) is 0 Å². The van der Waals surface area contributed by atoms with Crippen molar-refractivity contribution in [2.24, 2.45) is 0 Å². The average molecular weight is 446 g/mol. The summed E-state index contributed by atoms with van der Waals surface area (Å²) in [6.45, 7) is 6.47. The van der Waals surface area contributed by atoms with Gasteiger partial charge in [-0.2, -0.15) is 0 Å². The van der Waals surface area contributed by atoms with E-state index in [0.29, 0.717) is 11.2 Å². The Labute approximate surface area is 181 Å². The maximum Gasteiger partial charge on any atom is 0.308 e. The molecule has 30 heavy (non-hydrogen) atoms. The molecule has 0 spiro atoms. The minimum Gasteiger partial charge on any atom is -0.372 e. The third kappa shape index (κ3) is 4.17. The molecule has 1 saturated heterocycles. The van der Waals surface area contributed by atoms with Crippen molar-refractivity contribution in [1.82, 2.24) is 9.29 Å². The summed E-state index contributed by atoms with van der Waals surface area (Å²) in [5.74, 6) is 0. The number of nitrogens with one attached hydrogen (secondary N) is 1. The number of anilines is 1. The van der Waals surface area contributed by atoms with Gasteiger partial charge in [-0.25, -0.2) is 13.1 Å². The summed E-state index contributed by atoms with van der Waals surface area (Å²) >= 11 is 1.07. The summed E-state index contributed by atoms with van der Waals surface area (Å²) in [6.07, 6.45) is 3.73. The molecule has 0 saturated carbocycles. The number of rotatable bonds is 6. The fourth-order valence-corrected chi connectivity index (χ4v) is 6.33. The number of nitrogens with zero attached hydrogens (tertiary/aromatic N) is 2. The number of thiazole rings is 1. The molecule has 1 aromatic heterocycles. The van der Waals surface area contributed by atoms with Gasteiger partial charge >= 0.3 is 4.87 Å². The second kappa shape index (κ2) is 8.53. The van der Waals surface area contributed by atoms with Crippen molar-refractivity contribution in [3.05, 3.63) is 57.7 Å². The van der Waals surface area contributed by atoms with Crippen molar-refractivity contribution >= 4 is 37.3 Å². The lowest BCUT2D eigenvalue weighted by Gasteiger charge is -2.29. The predicted molar refractivity (Wildman–Crippen MR) is 123 cm³/mol. The lowest BCUT2D eigenvalue weighted by atomic mass is 10.1. The Kier molecular flexibility index (Phi) is 5.99. The lowest BCUT2D eigenvalue weighted by Crippen LogP contribution is -2.29. The van der Waals surface area contributed by atoms with Gasteiger partial charge in [0.25, 0.3) is 0 Å². The molecule has 3 aromatic rings. The molecule has 0 amide bonds. The van der Waals surface area contributed by atoms with E-state index in [1.165, 1.54) is 24.9 Å². The minimum absolute atomic E-state index is 0.0721. The third-order valence-electron chi connectivity index (χ3n) is 5.71. The van der Waals surface area contributed by atoms with Crippen LogP contribution in [0.25, 0.3) is 10.2 Å². The van der Waals surface area contributed by atoms with Crippen molar-refractivity contribution in [2.45, 2.75) is 50.6 Å². The van der Waals surface area contributed by atoms with Gasteiger partial charge in [-0.3, -0.25) is 9.36 Å². The number of hydrogen-bond donors (Lipinski definition) is 1. The Morgan fingerprint density at radius 1 is 1.07 bits per heavy atom. The zero-order valence-corrected chi connectivity index (χ0v) is 18.9. The summed E-state index contributed by atoms with van der Waals surface area (Å²) in [4.78, 5) is 14.5. The molecule has 1 aliphatic rings. The monoisotopic (exact) mass is 445 g/mol. The van der Waals surface area contributed by atoms with Crippen LogP contribution in [0.2, 0.25) is 0 Å². The van der Waals surface area contributed by atoms with E-state index in [1.54, 1.807) is 22.8 Å². The lowest BCUT2D eigenvalue weighted by molar-refractivity contribution is 0.566. The first-order valence-corrected chi connectivity index (χ1v) is 12.7. The molecule has 160 valence electrons. The molecule has 0 radical (unpaired) electrons. The first-order chi connectivity index (χ1) is 14.4. The van der Waals surface area contributed by atoms with Crippen molar-refractivity contribution in [1.29, 1.82) is 0 Å². The average Bonchev–Trinajstić information content (AvgIpc) is 3.08. The first-order valence-electron chi connectivity index (χ1n) is 10.4. The van der Waals surface area contributed by atoms with Crippen LogP contribution in [-0.4, -0.2) is 26.1 Å². The minimum atomic E-state index is -3.71. The molecule has 1 atom stereocenters. The van der Waals surface area contributed by atoms with Crippen LogP contribution in [0.15, 0.2) is 52.2 Å². The highest BCUT2D eigenvalue weighted by Gasteiger charge is 2.20. The summed E-state index contributed by atoms with van der Waals surface area (Å²) in [5.41, 5.74) is 2.88. The van der Waals surface area contributed by atoms with E-state index in [9.17, 15) is 13.2 Å². The van der Waals surface area contributed by atoms with Crippen LogP contribution in [0.5, 0.6) is 0 Å². The molecule has 1 N–H and O–H groups in total. The van der Waals surface area contributed by atoms with Crippen LogP contribution >= 0.6 is 11.3 Å². The number of piperidine rings is 1. The molecule has 2 heterocycles. The van der Waals surface area contributed by atoms with Crippen LogP contribution in [-0.2, 0) is 16.6 Å². The van der Waals surface area contributed by atoms with Crippen molar-refractivity contribution < 1.29 is 8.42 Å². The standard InChI is InChI=1S/C22H27N3O3S2/c1-3-25-20-12-11-19(15-21(20)29-22(25)26)30(27,28)23-16(2)17-7-9-18(10-8-17)24-13-5-4-6-14-24/h7-12,15-16,23H,3-6,13-14H2,1-2H3/t16-/m1/s1. The maximum absolute atomic E-state index is 12.9. The van der Waals surface area contributed by atoms with Gasteiger partial charge in [0, 0.05) is 31.4 Å². The fraction of sp³-hybridized carbons (Fsp3) is 0.409. The van der Waals surface area contributed by atoms with Crippen LogP contribution in [0.3, 0.4) is 0 Å². The smallest absolute Gasteiger partial charge is 0.308 e. The van der Waals surface area contributed by atoms with Crippen molar-refractivity contribution in [3.63, 3.8) is 0 Å². The molecule has 1 aliphatic heterocycles. The Morgan fingerprint density at radius 2 is 1.77 bits per heavy atom. The molecule has 0 unspecified atom stereocenters. The topological polar surface area (TPSA) is 71.4 Å². The van der Waals surface area contributed by atoms with E-state index < -0.39 is 10.0 Å². The summed E-state index contributed by atoms with van der Waals surface area (Å²) < 4.78 is 31.0. The number of fused-ring (bicyclic) bond motifs is 1. The molecule has 6 nitrogen and oxygen atoms in total. The van der Waals surface area contributed by atoms with Crippen LogP contribution in [0, 0.1) is 0 Å². The van der Waals surface area contributed by atoms with Crippen LogP contribution < -0.4 is 14.5 Å². The van der Waals surface area contributed by atoms with Gasteiger partial charge in [0.05, 0.1) is 15.1 Å². The number of benzene rings is 2. The second-order valence-electron chi connectivity index (χ2n) is 7.72. The Hall–Kier alpha value is -2.16. The van der Waals surface area contributed by atoms with E-state index >= 15 is 0 Å². The molecule has 0 aliphatic carbocycles. The SMILES string of the molecule is CCn1c(=O)sc2cc(S(=O)(=O)N[C@H](C)c3ccc(N4CCCCC4)cc3)ccc21. The molecule has 4 rings (SSSR count). The van der Waals surface area contributed by atoms with E-state index in [1.807, 2.05) is 26.0 Å². The van der Waals surface area contributed by atoms with Gasteiger partial charge in [-0.15, -0.1) is 0 Å². The normalized spacial score (nSPS) is 16.1. The molecule has 2 aromatic carbocycles. The molecular weight excluding hydrogens is 418 g/mol. The first kappa shape index (κ1) is 21.1. The quantitative estimate of drug-likeness (QED) is 0.620. The van der Waals surface area contributed by atoms with Gasteiger partial charge in [-0.05, 0) is 69.0 Å². The highest BCUT2D eigenvalue weighted by molar-refractivity contribution is 7.89. The van der Waals surface area contributed by atoms with E-state index in [0.717, 1.165) is 35.5 Å². The van der Waals surface area contributed by atoms with Gasteiger partial charge in [0.1, 0.15) is 0 Å². The fourth-order valence-electron chi connectivity index (χ4n) is 4.01. The summed E-state index contributed by atoms with van der Waals surface area (Å²) in [5, 5.41) is 0. The predicted octanol–water partition coefficient (Wildman–Crippen LogP) is 4.11. The van der Waals surface area contributed by atoms with E-state index in [4.69, 9.17) is 0 Å². The third-order valence-corrected chi connectivity index (χ3v) is 8.19. The highest BCUT2D eigenvalue weighted by Crippen LogP contribution is 2.25. The van der Waals surface area contributed by atoms with Crippen LogP contribution in [0.1, 0.15) is 44.7 Å². The largest absolute Gasteiger partial charge is 0.372 e. The van der Waals surface area contributed by atoms with Gasteiger partial charge in [0.2, 0.25) is 10.0 Å². The molecular formula is C22H27N3O3S2. The zero-order chi connectivity index (χ0) is 21.3. The van der Waals surface area contributed by atoms with Gasteiger partial charge in [0.15, 0.2) is 0 Å². The van der Waals surface area contributed by atoms with Gasteiger partial charge in [-0.1, -0.05) is 23.5 Å². The highest BCUT2D eigenvalue weighted by atomic mass is 32.2. The number of aryl methyl sites for hydroxylation is 1. The summed E-state index contributed by atoms with van der Waals surface area (Å²) in [7, 11) is -3.71. The summed E-state index contributed by atoms with van der Waals surface area (Å²) in [6, 6.07) is 12.6. The molecule has 0 bridgehead atoms. The van der Waals surface area contributed by atoms with Crippen molar-refractivity contribution in [2.75, 3.05) is 18.0 Å².